The highest BCUT2D eigenvalue weighted by atomic mass is 16.2. The van der Waals surface area contributed by atoms with Crippen LogP contribution in [0, 0.1) is 17.8 Å². The van der Waals surface area contributed by atoms with Crippen molar-refractivity contribution in [2.45, 2.75) is 82.5 Å². The van der Waals surface area contributed by atoms with Gasteiger partial charge in [0.15, 0.2) is 0 Å². The number of carbonyl (C=O) groups is 2. The van der Waals surface area contributed by atoms with E-state index in [4.69, 9.17) is 5.73 Å². The van der Waals surface area contributed by atoms with Gasteiger partial charge in [0.05, 0.1) is 6.04 Å². The molecular weight excluding hydrogens is 328 g/mol. The van der Waals surface area contributed by atoms with Crippen molar-refractivity contribution in [2.24, 2.45) is 23.5 Å². The molecule has 2 aliphatic carbocycles. The van der Waals surface area contributed by atoms with Gasteiger partial charge in [-0.2, -0.15) is 0 Å². The van der Waals surface area contributed by atoms with Crippen molar-refractivity contribution >= 4 is 11.8 Å². The third kappa shape index (κ3) is 3.38. The smallest absolute Gasteiger partial charge is 0.237 e. The fourth-order valence-electron chi connectivity index (χ4n) is 6.02. The summed E-state index contributed by atoms with van der Waals surface area (Å²) in [6.45, 7) is 3.52. The fourth-order valence-corrected chi connectivity index (χ4v) is 6.02. The number of nitrogens with zero attached hydrogens (tertiary/aromatic N) is 1. The van der Waals surface area contributed by atoms with E-state index in [-0.39, 0.29) is 29.9 Å². The van der Waals surface area contributed by atoms with E-state index in [0.717, 1.165) is 32.2 Å². The highest BCUT2D eigenvalue weighted by Crippen LogP contribution is 2.38. The molecule has 0 spiro atoms. The SMILES string of the molecule is CC1CCCC2CC(C(=O)N[C@@H]3C[C@H]4CC[C@@H]3CN4C(=O)CCN)NC12. The van der Waals surface area contributed by atoms with E-state index >= 15 is 0 Å². The summed E-state index contributed by atoms with van der Waals surface area (Å²) in [5.74, 6) is 2.11. The summed E-state index contributed by atoms with van der Waals surface area (Å²) >= 11 is 0. The van der Waals surface area contributed by atoms with Gasteiger partial charge in [-0.1, -0.05) is 13.3 Å². The zero-order chi connectivity index (χ0) is 18.3. The van der Waals surface area contributed by atoms with Gasteiger partial charge in [0, 0.05) is 37.6 Å². The van der Waals surface area contributed by atoms with E-state index in [9.17, 15) is 9.59 Å². The lowest BCUT2D eigenvalue weighted by Crippen LogP contribution is -2.61. The van der Waals surface area contributed by atoms with Gasteiger partial charge in [-0.3, -0.25) is 9.59 Å². The van der Waals surface area contributed by atoms with Gasteiger partial charge in [0.2, 0.25) is 11.8 Å². The van der Waals surface area contributed by atoms with E-state index < -0.39 is 0 Å². The number of carbonyl (C=O) groups excluding carboxylic acids is 2. The summed E-state index contributed by atoms with van der Waals surface area (Å²) in [4.78, 5) is 27.2. The van der Waals surface area contributed by atoms with Crippen LogP contribution < -0.4 is 16.4 Å². The van der Waals surface area contributed by atoms with Crippen LogP contribution in [0.15, 0.2) is 0 Å². The maximum atomic E-state index is 12.9. The van der Waals surface area contributed by atoms with E-state index in [0.29, 0.717) is 36.8 Å². The third-order valence-corrected chi connectivity index (χ3v) is 7.45. The zero-order valence-corrected chi connectivity index (χ0v) is 16.0. The van der Waals surface area contributed by atoms with Gasteiger partial charge in [0.25, 0.3) is 0 Å². The highest BCUT2D eigenvalue weighted by molar-refractivity contribution is 5.82. The van der Waals surface area contributed by atoms with E-state index in [1.807, 2.05) is 4.90 Å². The van der Waals surface area contributed by atoms with Crippen molar-refractivity contribution in [1.82, 2.24) is 15.5 Å². The summed E-state index contributed by atoms with van der Waals surface area (Å²) in [6.07, 6.45) is 8.36. The van der Waals surface area contributed by atoms with Crippen molar-refractivity contribution in [2.75, 3.05) is 13.1 Å². The molecule has 3 saturated heterocycles. The number of amides is 2. The Morgan fingerprint density at radius 2 is 2.00 bits per heavy atom. The van der Waals surface area contributed by atoms with Crippen molar-refractivity contribution < 1.29 is 9.59 Å². The minimum Gasteiger partial charge on any atom is -0.352 e. The molecule has 4 unspecified atom stereocenters. The predicted octanol–water partition coefficient (Wildman–Crippen LogP) is 0.998. The quantitative estimate of drug-likeness (QED) is 0.696. The topological polar surface area (TPSA) is 87.5 Å². The molecule has 146 valence electrons. The van der Waals surface area contributed by atoms with Crippen LogP contribution in [0.1, 0.15) is 58.3 Å². The number of fused-ring (bicyclic) bond motifs is 4. The van der Waals surface area contributed by atoms with Crippen LogP contribution in [0.4, 0.5) is 0 Å². The van der Waals surface area contributed by atoms with Crippen molar-refractivity contribution in [3.8, 4) is 0 Å². The second-order valence-corrected chi connectivity index (χ2v) is 9.08. The molecule has 5 fully saturated rings. The second kappa shape index (κ2) is 7.47. The number of piperidine rings is 2. The Hall–Kier alpha value is -1.14. The van der Waals surface area contributed by atoms with Crippen LogP contribution in [0.2, 0.25) is 0 Å². The first-order chi connectivity index (χ1) is 12.6. The third-order valence-electron chi connectivity index (χ3n) is 7.45. The standard InChI is InChI=1S/C20H34N4O2/c1-12-3-2-4-13-9-17(22-19(12)13)20(26)23-16-10-15-6-5-14(16)11-24(15)18(25)7-8-21/h12-17,19,22H,2-11,21H2,1H3,(H,23,26)/t12?,13?,14-,15-,16-,17?,19?/m1/s1. The monoisotopic (exact) mass is 362 g/mol. The molecule has 3 aliphatic heterocycles. The Kier molecular flexibility index (Phi) is 5.24. The molecule has 2 bridgehead atoms. The zero-order valence-electron chi connectivity index (χ0n) is 16.0. The van der Waals surface area contributed by atoms with Crippen molar-refractivity contribution in [3.05, 3.63) is 0 Å². The molecule has 4 N–H and O–H groups in total. The summed E-state index contributed by atoms with van der Waals surface area (Å²) in [6, 6.07) is 1.00. The summed E-state index contributed by atoms with van der Waals surface area (Å²) in [5, 5.41) is 6.97. The molecule has 7 atom stereocenters. The van der Waals surface area contributed by atoms with Gasteiger partial charge >= 0.3 is 0 Å². The summed E-state index contributed by atoms with van der Waals surface area (Å²) < 4.78 is 0. The lowest BCUT2D eigenvalue weighted by Gasteiger charge is -2.49. The molecular formula is C20H34N4O2. The Bertz CT molecular complexity index is 554. The van der Waals surface area contributed by atoms with Crippen LogP contribution in [0.5, 0.6) is 0 Å². The molecule has 6 heteroatoms. The van der Waals surface area contributed by atoms with Gasteiger partial charge in [-0.25, -0.2) is 0 Å². The van der Waals surface area contributed by atoms with Gasteiger partial charge in [-0.15, -0.1) is 0 Å². The van der Waals surface area contributed by atoms with E-state index in [1.165, 1.54) is 19.3 Å². The van der Waals surface area contributed by atoms with Gasteiger partial charge < -0.3 is 21.3 Å². The fraction of sp³-hybridized carbons (Fsp3) is 0.900. The minimum absolute atomic E-state index is 0.0269. The maximum Gasteiger partial charge on any atom is 0.237 e. The van der Waals surface area contributed by atoms with Crippen LogP contribution in [0.3, 0.4) is 0 Å². The van der Waals surface area contributed by atoms with Crippen LogP contribution in [-0.2, 0) is 9.59 Å². The van der Waals surface area contributed by atoms with Crippen molar-refractivity contribution in [3.63, 3.8) is 0 Å². The van der Waals surface area contributed by atoms with E-state index in [1.54, 1.807) is 0 Å². The summed E-state index contributed by atoms with van der Waals surface area (Å²) in [7, 11) is 0. The molecule has 0 radical (unpaired) electrons. The average molecular weight is 363 g/mol. The Morgan fingerprint density at radius 3 is 2.69 bits per heavy atom. The minimum atomic E-state index is -0.0269. The van der Waals surface area contributed by atoms with Crippen molar-refractivity contribution in [1.29, 1.82) is 0 Å². The molecule has 0 aromatic heterocycles. The first kappa shape index (κ1) is 18.2. The second-order valence-electron chi connectivity index (χ2n) is 9.08. The lowest BCUT2D eigenvalue weighted by atomic mass is 9.75. The molecule has 0 aromatic rings. The molecule has 3 heterocycles. The molecule has 26 heavy (non-hydrogen) atoms. The number of nitrogens with one attached hydrogen (secondary N) is 2. The summed E-state index contributed by atoms with van der Waals surface area (Å²) in [5.41, 5.74) is 5.55. The van der Waals surface area contributed by atoms with Crippen LogP contribution in [-0.4, -0.2) is 54.0 Å². The normalized spacial score (nSPS) is 41.8. The molecule has 0 aromatic carbocycles. The first-order valence-electron chi connectivity index (χ1n) is 10.6. The predicted molar refractivity (Wildman–Crippen MR) is 100 cm³/mol. The molecule has 5 aliphatic rings. The van der Waals surface area contributed by atoms with Crippen LogP contribution in [0.25, 0.3) is 0 Å². The Balaban J connectivity index is 1.33. The van der Waals surface area contributed by atoms with Crippen LogP contribution >= 0.6 is 0 Å². The highest BCUT2D eigenvalue weighted by Gasteiger charge is 2.45. The number of hydrogen-bond acceptors (Lipinski definition) is 4. The molecule has 2 saturated carbocycles. The molecule has 6 nitrogen and oxygen atoms in total. The lowest BCUT2D eigenvalue weighted by molar-refractivity contribution is -0.140. The van der Waals surface area contributed by atoms with Gasteiger partial charge in [-0.05, 0) is 56.3 Å². The Morgan fingerprint density at radius 1 is 1.15 bits per heavy atom. The van der Waals surface area contributed by atoms with E-state index in [2.05, 4.69) is 17.6 Å². The number of nitrogens with two attached hydrogens (primary N) is 1. The number of hydrogen-bond donors (Lipinski definition) is 3. The maximum absolute atomic E-state index is 12.9. The first-order valence-corrected chi connectivity index (χ1v) is 10.6. The largest absolute Gasteiger partial charge is 0.352 e. The molecule has 2 amide bonds. The molecule has 5 rings (SSSR count). The average Bonchev–Trinajstić information content (AvgIpc) is 3.08. The Labute approximate surface area is 156 Å². The number of rotatable bonds is 4. The van der Waals surface area contributed by atoms with Gasteiger partial charge in [0.1, 0.15) is 0 Å².